The number of halogens is 4. The van der Waals surface area contributed by atoms with E-state index in [1.807, 2.05) is 0 Å². The number of rotatable bonds is 2. The Morgan fingerprint density at radius 1 is 0.935 bits per heavy atom. The molecular formula is C21H10ClF3N4O2. The highest BCUT2D eigenvalue weighted by molar-refractivity contribution is 6.38. The largest absolute Gasteiger partial charge is 0.268 e. The number of fused-ring (bicyclic) bond motifs is 3. The molecule has 31 heavy (non-hydrogen) atoms. The van der Waals surface area contributed by atoms with Crippen molar-refractivity contribution in [1.29, 1.82) is 0 Å². The van der Waals surface area contributed by atoms with E-state index in [9.17, 15) is 22.8 Å². The van der Waals surface area contributed by atoms with Gasteiger partial charge in [-0.2, -0.15) is 5.10 Å². The number of benzene rings is 2. The number of anilines is 1. The molecule has 5 rings (SSSR count). The molecular weight excluding hydrogens is 433 g/mol. The summed E-state index contributed by atoms with van der Waals surface area (Å²) in [6, 6.07) is 6.36. The summed E-state index contributed by atoms with van der Waals surface area (Å²) in [5.74, 6) is -3.61. The second-order valence-electron chi connectivity index (χ2n) is 6.91. The molecule has 0 aliphatic carbocycles. The predicted molar refractivity (Wildman–Crippen MR) is 106 cm³/mol. The molecule has 0 atom stereocenters. The van der Waals surface area contributed by atoms with Gasteiger partial charge in [0.2, 0.25) is 0 Å². The van der Waals surface area contributed by atoms with Crippen molar-refractivity contribution in [1.82, 2.24) is 14.8 Å². The molecule has 6 nitrogen and oxygen atoms in total. The Morgan fingerprint density at radius 3 is 2.32 bits per heavy atom. The maximum atomic E-state index is 13.7. The zero-order valence-electron chi connectivity index (χ0n) is 15.7. The minimum absolute atomic E-state index is 0.0334. The number of hydrogen-bond donors (Lipinski definition) is 0. The summed E-state index contributed by atoms with van der Waals surface area (Å²) >= 11 is 5.80. The fourth-order valence-corrected chi connectivity index (χ4v) is 3.84. The summed E-state index contributed by atoms with van der Waals surface area (Å²) in [7, 11) is 0. The van der Waals surface area contributed by atoms with Crippen molar-refractivity contribution in [2.75, 3.05) is 4.90 Å². The van der Waals surface area contributed by atoms with Crippen molar-refractivity contribution in [3.63, 3.8) is 0 Å². The van der Waals surface area contributed by atoms with Crippen molar-refractivity contribution < 1.29 is 22.8 Å². The van der Waals surface area contributed by atoms with Crippen LogP contribution in [-0.2, 0) is 0 Å². The highest BCUT2D eigenvalue weighted by Crippen LogP contribution is 2.35. The van der Waals surface area contributed by atoms with E-state index in [1.54, 1.807) is 6.92 Å². The van der Waals surface area contributed by atoms with Crippen molar-refractivity contribution in [2.24, 2.45) is 0 Å². The average molecular weight is 443 g/mol. The van der Waals surface area contributed by atoms with Crippen LogP contribution in [0.25, 0.3) is 16.7 Å². The Kier molecular flexibility index (Phi) is 4.13. The van der Waals surface area contributed by atoms with Gasteiger partial charge in [0.1, 0.15) is 17.5 Å². The molecule has 0 unspecified atom stereocenters. The number of amides is 2. The van der Waals surface area contributed by atoms with E-state index >= 15 is 0 Å². The Balaban J connectivity index is 1.71. The first-order chi connectivity index (χ1) is 14.8. The van der Waals surface area contributed by atoms with Gasteiger partial charge in [-0.25, -0.2) is 27.7 Å². The number of nitrogens with zero attached hydrogens (tertiary/aromatic N) is 4. The molecule has 0 saturated heterocycles. The third kappa shape index (κ3) is 2.81. The standard InChI is InChI=1S/C21H10ClF3N4O2/c1-9-17-18-14(20(30)28(21(18)31)12-2-3-16(25)15(22)7-12)8-26-19(17)29(27-9)13-5-10(23)4-11(24)6-13/h2-8H,1H3. The molecule has 4 aromatic rings. The molecule has 1 aliphatic rings. The Bertz CT molecular complexity index is 1430. The molecule has 2 aromatic heterocycles. The lowest BCUT2D eigenvalue weighted by Crippen LogP contribution is -2.29. The van der Waals surface area contributed by atoms with Gasteiger partial charge in [0, 0.05) is 12.3 Å². The molecule has 0 fully saturated rings. The fourth-order valence-electron chi connectivity index (χ4n) is 3.66. The maximum absolute atomic E-state index is 13.7. The summed E-state index contributed by atoms with van der Waals surface area (Å²) in [6.45, 7) is 1.59. The normalized spacial score (nSPS) is 13.4. The topological polar surface area (TPSA) is 68.1 Å². The van der Waals surface area contributed by atoms with Gasteiger partial charge in [-0.3, -0.25) is 9.59 Å². The molecule has 0 N–H and O–H groups in total. The average Bonchev–Trinajstić information content (AvgIpc) is 3.18. The van der Waals surface area contributed by atoms with Gasteiger partial charge < -0.3 is 0 Å². The number of carbonyl (C=O) groups is 2. The minimum atomic E-state index is -0.803. The van der Waals surface area contributed by atoms with E-state index in [1.165, 1.54) is 23.0 Å². The van der Waals surface area contributed by atoms with Gasteiger partial charge in [-0.05, 0) is 37.3 Å². The van der Waals surface area contributed by atoms with Crippen LogP contribution in [0.3, 0.4) is 0 Å². The summed E-state index contributed by atoms with van der Waals surface area (Å²) in [5, 5.41) is 4.30. The monoisotopic (exact) mass is 442 g/mol. The highest BCUT2D eigenvalue weighted by Gasteiger charge is 2.40. The lowest BCUT2D eigenvalue weighted by Gasteiger charge is -2.14. The number of pyridine rings is 1. The summed E-state index contributed by atoms with van der Waals surface area (Å²) in [6.07, 6.45) is 1.20. The van der Waals surface area contributed by atoms with E-state index in [0.29, 0.717) is 5.69 Å². The zero-order valence-corrected chi connectivity index (χ0v) is 16.4. The first-order valence-electron chi connectivity index (χ1n) is 8.95. The van der Waals surface area contributed by atoms with Crippen LogP contribution in [0, 0.1) is 24.4 Å². The van der Waals surface area contributed by atoms with Crippen LogP contribution in [0.4, 0.5) is 18.9 Å². The lowest BCUT2D eigenvalue weighted by atomic mass is 10.1. The zero-order chi connectivity index (χ0) is 22.0. The van der Waals surface area contributed by atoms with E-state index in [0.717, 1.165) is 29.2 Å². The minimum Gasteiger partial charge on any atom is -0.268 e. The van der Waals surface area contributed by atoms with Crippen LogP contribution in [-0.4, -0.2) is 26.6 Å². The van der Waals surface area contributed by atoms with Gasteiger partial charge in [-0.15, -0.1) is 0 Å². The quantitative estimate of drug-likeness (QED) is 0.425. The number of imide groups is 1. The molecule has 2 aromatic carbocycles. The van der Waals surface area contributed by atoms with Gasteiger partial charge in [0.15, 0.2) is 5.65 Å². The van der Waals surface area contributed by atoms with Crippen LogP contribution >= 0.6 is 11.6 Å². The first-order valence-corrected chi connectivity index (χ1v) is 9.32. The van der Waals surface area contributed by atoms with Gasteiger partial charge in [0.25, 0.3) is 11.8 Å². The van der Waals surface area contributed by atoms with Crippen LogP contribution in [0.2, 0.25) is 5.02 Å². The van der Waals surface area contributed by atoms with Crippen LogP contribution in [0.15, 0.2) is 42.6 Å². The molecule has 1 aliphatic heterocycles. The van der Waals surface area contributed by atoms with Gasteiger partial charge in [0.05, 0.1) is 38.6 Å². The molecule has 10 heteroatoms. The molecule has 3 heterocycles. The van der Waals surface area contributed by atoms with Crippen LogP contribution < -0.4 is 4.90 Å². The summed E-state index contributed by atoms with van der Waals surface area (Å²) in [5.41, 5.74) is 0.748. The second kappa shape index (κ2) is 6.64. The van der Waals surface area contributed by atoms with E-state index < -0.39 is 29.3 Å². The summed E-state index contributed by atoms with van der Waals surface area (Å²) < 4.78 is 42.1. The number of carbonyl (C=O) groups excluding carboxylic acids is 2. The van der Waals surface area contributed by atoms with Gasteiger partial charge in [-0.1, -0.05) is 11.6 Å². The predicted octanol–water partition coefficient (Wildman–Crippen LogP) is 4.60. The molecule has 0 bridgehead atoms. The Hall–Kier alpha value is -3.72. The lowest BCUT2D eigenvalue weighted by molar-refractivity contribution is 0.0926. The number of hydrogen-bond acceptors (Lipinski definition) is 4. The molecule has 0 spiro atoms. The number of aromatic nitrogens is 3. The van der Waals surface area contributed by atoms with Crippen molar-refractivity contribution in [2.45, 2.75) is 6.92 Å². The van der Waals surface area contributed by atoms with Crippen LogP contribution in [0.5, 0.6) is 0 Å². The van der Waals surface area contributed by atoms with E-state index in [-0.39, 0.29) is 38.6 Å². The van der Waals surface area contributed by atoms with E-state index in [4.69, 9.17) is 11.6 Å². The maximum Gasteiger partial charge on any atom is 0.267 e. The molecule has 0 radical (unpaired) electrons. The van der Waals surface area contributed by atoms with Crippen LogP contribution in [0.1, 0.15) is 26.4 Å². The smallest absolute Gasteiger partial charge is 0.267 e. The third-order valence-electron chi connectivity index (χ3n) is 4.98. The third-order valence-corrected chi connectivity index (χ3v) is 5.26. The SMILES string of the molecule is Cc1nn(-c2cc(F)cc(F)c2)c2ncc3c(c12)C(=O)N(c1ccc(F)c(Cl)c1)C3=O. The Labute approximate surface area is 177 Å². The summed E-state index contributed by atoms with van der Waals surface area (Å²) in [4.78, 5) is 31.2. The van der Waals surface area contributed by atoms with Crippen molar-refractivity contribution in [3.8, 4) is 5.69 Å². The Morgan fingerprint density at radius 2 is 1.65 bits per heavy atom. The molecule has 154 valence electrons. The first kappa shape index (κ1) is 19.3. The van der Waals surface area contributed by atoms with E-state index in [2.05, 4.69) is 10.1 Å². The van der Waals surface area contributed by atoms with Gasteiger partial charge >= 0.3 is 0 Å². The molecule has 2 amide bonds. The van der Waals surface area contributed by atoms with Crippen molar-refractivity contribution in [3.05, 3.63) is 81.9 Å². The number of aryl methyl sites for hydroxylation is 1. The molecule has 0 saturated carbocycles. The van der Waals surface area contributed by atoms with Crippen molar-refractivity contribution >= 4 is 40.1 Å². The second-order valence-corrected chi connectivity index (χ2v) is 7.32. The fraction of sp³-hybridized carbons (Fsp3) is 0.0476. The highest BCUT2D eigenvalue weighted by atomic mass is 35.5.